The molecule has 0 aromatic carbocycles. The van der Waals surface area contributed by atoms with Gasteiger partial charge in [0.05, 0.1) is 0 Å². The van der Waals surface area contributed by atoms with E-state index in [0.29, 0.717) is 0 Å². The summed E-state index contributed by atoms with van der Waals surface area (Å²) < 4.78 is 0. The molecule has 0 aromatic heterocycles. The average molecular weight is 196 g/mol. The van der Waals surface area contributed by atoms with E-state index in [4.69, 9.17) is 0 Å². The molecule has 0 nitrogen and oxygen atoms in total. The molecule has 0 saturated heterocycles. The Kier molecular flexibility index (Phi) is 5.59. The van der Waals surface area contributed by atoms with E-state index in [1.807, 2.05) is 0 Å². The Morgan fingerprint density at radius 3 is 2.21 bits per heavy atom. The van der Waals surface area contributed by atoms with Crippen LogP contribution in [0.2, 0.25) is 0 Å². The largest absolute Gasteiger partial charge is 0.0651 e. The predicted molar refractivity (Wildman–Crippen MR) is 64.4 cm³/mol. The van der Waals surface area contributed by atoms with Gasteiger partial charge in [-0.2, -0.15) is 0 Å². The topological polar surface area (TPSA) is 0 Å². The van der Waals surface area contributed by atoms with Gasteiger partial charge < -0.3 is 0 Å². The second-order valence-electron chi connectivity index (χ2n) is 5.32. The molecule has 0 amide bonds. The first-order valence-corrected chi connectivity index (χ1v) is 6.77. The first kappa shape index (κ1) is 12.1. The molecule has 0 heterocycles. The molecule has 1 aliphatic rings. The van der Waals surface area contributed by atoms with Crippen LogP contribution in [0.4, 0.5) is 0 Å². The first-order valence-electron chi connectivity index (χ1n) is 6.77. The SMILES string of the molecule is CCC(C)CC1CCCCCC1CC. The highest BCUT2D eigenvalue weighted by Crippen LogP contribution is 2.35. The van der Waals surface area contributed by atoms with Gasteiger partial charge in [-0.05, 0) is 24.2 Å². The summed E-state index contributed by atoms with van der Waals surface area (Å²) in [5.74, 6) is 3.05. The molecule has 1 saturated carbocycles. The third kappa shape index (κ3) is 3.63. The molecule has 1 fully saturated rings. The fourth-order valence-electron chi connectivity index (χ4n) is 2.99. The van der Waals surface area contributed by atoms with E-state index in [0.717, 1.165) is 17.8 Å². The lowest BCUT2D eigenvalue weighted by Gasteiger charge is -2.26. The van der Waals surface area contributed by atoms with Gasteiger partial charge in [-0.25, -0.2) is 0 Å². The van der Waals surface area contributed by atoms with E-state index < -0.39 is 0 Å². The maximum atomic E-state index is 2.43. The van der Waals surface area contributed by atoms with Crippen molar-refractivity contribution in [1.82, 2.24) is 0 Å². The Morgan fingerprint density at radius 2 is 1.64 bits per heavy atom. The van der Waals surface area contributed by atoms with Crippen LogP contribution in [0.1, 0.15) is 72.1 Å². The number of hydrogen-bond donors (Lipinski definition) is 0. The minimum absolute atomic E-state index is 0.951. The lowest BCUT2D eigenvalue weighted by Crippen LogP contribution is -2.15. The molecule has 3 unspecified atom stereocenters. The van der Waals surface area contributed by atoms with Gasteiger partial charge in [0, 0.05) is 0 Å². The average Bonchev–Trinajstić information content (AvgIpc) is 2.42. The van der Waals surface area contributed by atoms with Crippen molar-refractivity contribution in [2.24, 2.45) is 17.8 Å². The van der Waals surface area contributed by atoms with Crippen molar-refractivity contribution in [3.05, 3.63) is 0 Å². The Hall–Kier alpha value is 0. The van der Waals surface area contributed by atoms with Crippen LogP contribution in [0.5, 0.6) is 0 Å². The molecule has 0 heteroatoms. The second kappa shape index (κ2) is 6.48. The van der Waals surface area contributed by atoms with Gasteiger partial charge in [-0.15, -0.1) is 0 Å². The Bertz CT molecular complexity index is 139. The van der Waals surface area contributed by atoms with E-state index in [9.17, 15) is 0 Å². The summed E-state index contributed by atoms with van der Waals surface area (Å²) in [5.41, 5.74) is 0. The molecular weight excluding hydrogens is 168 g/mol. The highest BCUT2D eigenvalue weighted by Gasteiger charge is 2.23. The standard InChI is InChI=1S/C14H28/c1-4-12(3)11-14-10-8-6-7-9-13(14)5-2/h12-14H,4-11H2,1-3H3. The summed E-state index contributed by atoms with van der Waals surface area (Å²) in [7, 11) is 0. The highest BCUT2D eigenvalue weighted by molar-refractivity contribution is 4.74. The zero-order chi connectivity index (χ0) is 10.4. The fourth-order valence-corrected chi connectivity index (χ4v) is 2.99. The van der Waals surface area contributed by atoms with E-state index >= 15 is 0 Å². The Labute approximate surface area is 90.5 Å². The molecule has 0 N–H and O–H groups in total. The lowest BCUT2D eigenvalue weighted by atomic mass is 9.80. The molecule has 0 spiro atoms. The zero-order valence-electron chi connectivity index (χ0n) is 10.4. The second-order valence-corrected chi connectivity index (χ2v) is 5.32. The fraction of sp³-hybridized carbons (Fsp3) is 1.00. The van der Waals surface area contributed by atoms with Gasteiger partial charge in [-0.3, -0.25) is 0 Å². The van der Waals surface area contributed by atoms with E-state index in [2.05, 4.69) is 20.8 Å². The maximum Gasteiger partial charge on any atom is -0.0383 e. The molecule has 0 bridgehead atoms. The lowest BCUT2D eigenvalue weighted by molar-refractivity contribution is 0.249. The van der Waals surface area contributed by atoms with Crippen LogP contribution in [0.25, 0.3) is 0 Å². The summed E-state index contributed by atoms with van der Waals surface area (Å²) in [5, 5.41) is 0. The van der Waals surface area contributed by atoms with E-state index in [-0.39, 0.29) is 0 Å². The number of rotatable bonds is 4. The molecule has 3 atom stereocenters. The third-order valence-corrected chi connectivity index (χ3v) is 4.24. The quantitative estimate of drug-likeness (QED) is 0.553. The van der Waals surface area contributed by atoms with Crippen LogP contribution < -0.4 is 0 Å². The zero-order valence-corrected chi connectivity index (χ0v) is 10.4. The minimum Gasteiger partial charge on any atom is -0.0651 e. The summed E-state index contributed by atoms with van der Waals surface area (Å²) in [6, 6.07) is 0. The highest BCUT2D eigenvalue weighted by atomic mass is 14.3. The van der Waals surface area contributed by atoms with E-state index in [1.54, 1.807) is 0 Å². The van der Waals surface area contributed by atoms with Crippen molar-refractivity contribution in [3.63, 3.8) is 0 Å². The van der Waals surface area contributed by atoms with Crippen LogP contribution in [0.3, 0.4) is 0 Å². The first-order chi connectivity index (χ1) is 6.77. The van der Waals surface area contributed by atoms with Gasteiger partial charge in [0.25, 0.3) is 0 Å². The van der Waals surface area contributed by atoms with Crippen molar-refractivity contribution in [2.45, 2.75) is 72.1 Å². The van der Waals surface area contributed by atoms with Crippen LogP contribution in [0, 0.1) is 17.8 Å². The summed E-state index contributed by atoms with van der Waals surface area (Å²) in [6.07, 6.45) is 11.8. The predicted octanol–water partition coefficient (Wildman–Crippen LogP) is 5.03. The monoisotopic (exact) mass is 196 g/mol. The normalized spacial score (nSPS) is 31.1. The smallest absolute Gasteiger partial charge is 0.0383 e. The van der Waals surface area contributed by atoms with Crippen LogP contribution in [-0.2, 0) is 0 Å². The molecule has 0 radical (unpaired) electrons. The minimum atomic E-state index is 0.951. The summed E-state index contributed by atoms with van der Waals surface area (Å²) >= 11 is 0. The number of hydrogen-bond acceptors (Lipinski definition) is 0. The van der Waals surface area contributed by atoms with Crippen LogP contribution in [0.15, 0.2) is 0 Å². The van der Waals surface area contributed by atoms with Crippen LogP contribution in [-0.4, -0.2) is 0 Å². The van der Waals surface area contributed by atoms with Crippen molar-refractivity contribution >= 4 is 0 Å². The molecule has 84 valence electrons. The van der Waals surface area contributed by atoms with Gasteiger partial charge in [-0.1, -0.05) is 65.7 Å². The van der Waals surface area contributed by atoms with Gasteiger partial charge in [0.2, 0.25) is 0 Å². The van der Waals surface area contributed by atoms with Crippen LogP contribution >= 0.6 is 0 Å². The maximum absolute atomic E-state index is 2.43. The van der Waals surface area contributed by atoms with Gasteiger partial charge >= 0.3 is 0 Å². The Morgan fingerprint density at radius 1 is 1.00 bits per heavy atom. The van der Waals surface area contributed by atoms with Crippen molar-refractivity contribution < 1.29 is 0 Å². The van der Waals surface area contributed by atoms with Crippen molar-refractivity contribution in [1.29, 1.82) is 0 Å². The molecule has 0 aromatic rings. The third-order valence-electron chi connectivity index (χ3n) is 4.24. The van der Waals surface area contributed by atoms with Crippen molar-refractivity contribution in [2.75, 3.05) is 0 Å². The summed E-state index contributed by atoms with van der Waals surface area (Å²) in [6.45, 7) is 7.15. The Balaban J connectivity index is 2.43. The van der Waals surface area contributed by atoms with E-state index in [1.165, 1.54) is 51.4 Å². The molecule has 1 rings (SSSR count). The molecule has 0 aliphatic heterocycles. The molecule has 14 heavy (non-hydrogen) atoms. The van der Waals surface area contributed by atoms with Gasteiger partial charge in [0.15, 0.2) is 0 Å². The molecular formula is C14H28. The molecule has 1 aliphatic carbocycles. The van der Waals surface area contributed by atoms with Crippen molar-refractivity contribution in [3.8, 4) is 0 Å². The summed E-state index contributed by atoms with van der Waals surface area (Å²) in [4.78, 5) is 0. The van der Waals surface area contributed by atoms with Gasteiger partial charge in [0.1, 0.15) is 0 Å².